The first-order valence-electron chi connectivity index (χ1n) is 30.6. The van der Waals surface area contributed by atoms with Gasteiger partial charge in [-0.3, -0.25) is 0 Å². The third-order valence-corrected chi connectivity index (χ3v) is 18.4. The zero-order chi connectivity index (χ0) is 54.9. The summed E-state index contributed by atoms with van der Waals surface area (Å²) in [4.78, 5) is 0. The number of benzene rings is 10. The number of fused-ring (bicyclic) bond motifs is 9. The molecular formula is C79H76N2. The molecule has 1 aliphatic rings. The number of aromatic nitrogens is 2. The van der Waals surface area contributed by atoms with Crippen LogP contribution in [0.2, 0.25) is 0 Å². The van der Waals surface area contributed by atoms with E-state index in [1.54, 1.807) is 11.1 Å². The van der Waals surface area contributed by atoms with Crippen LogP contribution in [0.1, 0.15) is 126 Å². The number of para-hydroxylation sites is 3. The Hall–Kier alpha value is -8.20. The minimum absolute atomic E-state index is 0.0599. The normalized spacial score (nSPS) is 12.7. The van der Waals surface area contributed by atoms with Gasteiger partial charge in [0.15, 0.2) is 0 Å². The van der Waals surface area contributed by atoms with Crippen molar-refractivity contribution in [2.75, 3.05) is 0 Å². The maximum Gasteiger partial charge on any atom is 0.0541 e. The van der Waals surface area contributed by atoms with Gasteiger partial charge in [0, 0.05) is 38.3 Å². The van der Waals surface area contributed by atoms with E-state index in [0.29, 0.717) is 0 Å². The molecule has 2 aromatic heterocycles. The molecule has 10 aromatic carbocycles. The number of hydrogen-bond donors (Lipinski definition) is 0. The predicted octanol–water partition coefficient (Wildman–Crippen LogP) is 22.9. The lowest BCUT2D eigenvalue weighted by Crippen LogP contribution is -2.25. The van der Waals surface area contributed by atoms with Crippen molar-refractivity contribution >= 4 is 43.6 Å². The van der Waals surface area contributed by atoms with Gasteiger partial charge in [-0.2, -0.15) is 0 Å². The number of hydrogen-bond acceptors (Lipinski definition) is 0. The molecule has 0 atom stereocenters. The number of rotatable bonds is 20. The van der Waals surface area contributed by atoms with E-state index < -0.39 is 0 Å². The van der Waals surface area contributed by atoms with Crippen LogP contribution >= 0.6 is 0 Å². The maximum absolute atomic E-state index is 2.64. The Bertz CT molecular complexity index is 4190. The Kier molecular flexibility index (Phi) is 14.7. The monoisotopic (exact) mass is 1050 g/mol. The summed E-state index contributed by atoms with van der Waals surface area (Å²) >= 11 is 0. The van der Waals surface area contributed by atoms with E-state index in [9.17, 15) is 0 Å². The zero-order valence-corrected chi connectivity index (χ0v) is 48.1. The summed E-state index contributed by atoms with van der Waals surface area (Å²) in [5.41, 5.74) is 25.9. The van der Waals surface area contributed by atoms with Crippen molar-refractivity contribution in [3.63, 3.8) is 0 Å². The zero-order valence-electron chi connectivity index (χ0n) is 48.1. The molecule has 0 spiro atoms. The Morgan fingerprint density at radius 3 is 1.27 bits per heavy atom. The molecule has 402 valence electrons. The molecule has 0 N–H and O–H groups in total. The maximum atomic E-state index is 2.64. The minimum atomic E-state index is -0.0599. The molecule has 13 rings (SSSR count). The molecule has 0 saturated heterocycles. The van der Waals surface area contributed by atoms with Crippen LogP contribution in [0.3, 0.4) is 0 Å². The molecule has 0 fully saturated rings. The lowest BCUT2D eigenvalue weighted by Gasteiger charge is -2.33. The number of nitrogens with zero attached hydrogens (tertiary/aromatic N) is 2. The highest BCUT2D eigenvalue weighted by atomic mass is 15.0. The van der Waals surface area contributed by atoms with Crippen LogP contribution in [-0.2, 0) is 5.41 Å². The first kappa shape index (κ1) is 52.2. The smallest absolute Gasteiger partial charge is 0.0541 e. The second kappa shape index (κ2) is 22.7. The van der Waals surface area contributed by atoms with E-state index in [1.165, 1.54) is 212 Å². The Balaban J connectivity index is 0.890. The van der Waals surface area contributed by atoms with Gasteiger partial charge in [-0.25, -0.2) is 0 Å². The first-order valence-corrected chi connectivity index (χ1v) is 30.6. The van der Waals surface area contributed by atoms with Gasteiger partial charge in [0.25, 0.3) is 0 Å². The van der Waals surface area contributed by atoms with Gasteiger partial charge in [0.05, 0.1) is 22.1 Å². The molecule has 12 aromatic rings. The molecular weight excluding hydrogens is 977 g/mol. The molecule has 0 aliphatic heterocycles. The highest BCUT2D eigenvalue weighted by Gasteiger charge is 2.43. The molecule has 0 saturated carbocycles. The standard InChI is InChI=1S/C79H76N2/c1-5-7-9-11-13-22-48-79(49-23-14-12-10-8-6-2)72-52-62(59-38-36-58(37-39-59)57-33-30-55(3)31-34-57)40-44-66(72)67-45-41-63(53-73(67)79)64-35-32-56(4)78(54-64)81-75-29-21-19-27-69(75)71-51-61(43-47-77(71)81)60-42-46-76-70(50-60)68-26-18-20-28-74(68)80(76)65-24-16-15-17-25-65/h15-21,24-47,50-54H,5-14,22-23,48-49H2,1-4H3. The van der Waals surface area contributed by atoms with Gasteiger partial charge in [0.1, 0.15) is 0 Å². The van der Waals surface area contributed by atoms with Gasteiger partial charge in [0.2, 0.25) is 0 Å². The van der Waals surface area contributed by atoms with Crippen molar-refractivity contribution in [2.45, 2.75) is 123 Å². The molecule has 0 amide bonds. The van der Waals surface area contributed by atoms with Crippen LogP contribution in [0, 0.1) is 13.8 Å². The van der Waals surface area contributed by atoms with Crippen molar-refractivity contribution in [3.8, 4) is 67.0 Å². The van der Waals surface area contributed by atoms with Crippen LogP contribution in [0.5, 0.6) is 0 Å². The van der Waals surface area contributed by atoms with Gasteiger partial charge < -0.3 is 9.13 Å². The fourth-order valence-corrected chi connectivity index (χ4v) is 14.0. The average Bonchev–Trinajstić information content (AvgIpc) is 3.56. The van der Waals surface area contributed by atoms with Gasteiger partial charge >= 0.3 is 0 Å². The lowest BCUT2D eigenvalue weighted by molar-refractivity contribution is 0.398. The molecule has 2 heterocycles. The molecule has 1 aliphatic carbocycles. The summed E-state index contributed by atoms with van der Waals surface area (Å²) in [5, 5.41) is 5.08. The molecule has 2 nitrogen and oxygen atoms in total. The fourth-order valence-electron chi connectivity index (χ4n) is 14.0. The SMILES string of the molecule is CCCCCCCCC1(CCCCCCCC)c2cc(-c3ccc(-c4ccc(C)cc4)cc3)ccc2-c2ccc(-c3ccc(C)c(-n4c5ccccc5c5cc(-c6ccc7c(c6)c6ccccc6n7-c6ccccc6)ccc54)c3)cc21. The van der Waals surface area contributed by atoms with E-state index in [0.717, 1.165) is 0 Å². The Morgan fingerprint density at radius 1 is 0.309 bits per heavy atom. The second-order valence-corrected chi connectivity index (χ2v) is 23.6. The summed E-state index contributed by atoms with van der Waals surface area (Å²) in [7, 11) is 0. The summed E-state index contributed by atoms with van der Waals surface area (Å²) in [5.74, 6) is 0. The third kappa shape index (κ3) is 9.81. The van der Waals surface area contributed by atoms with Crippen LogP contribution in [0.4, 0.5) is 0 Å². The van der Waals surface area contributed by atoms with Crippen molar-refractivity contribution in [1.29, 1.82) is 0 Å². The molecule has 0 radical (unpaired) electrons. The summed E-state index contributed by atoms with van der Waals surface area (Å²) in [6.07, 6.45) is 18.0. The van der Waals surface area contributed by atoms with Crippen LogP contribution < -0.4 is 0 Å². The van der Waals surface area contributed by atoms with Crippen molar-refractivity contribution < 1.29 is 0 Å². The quantitative estimate of drug-likeness (QED) is 0.0673. The van der Waals surface area contributed by atoms with Crippen molar-refractivity contribution in [1.82, 2.24) is 9.13 Å². The highest BCUT2D eigenvalue weighted by Crippen LogP contribution is 2.56. The van der Waals surface area contributed by atoms with Crippen LogP contribution in [0.25, 0.3) is 111 Å². The highest BCUT2D eigenvalue weighted by molar-refractivity contribution is 6.13. The topological polar surface area (TPSA) is 9.86 Å². The molecule has 0 unspecified atom stereocenters. The predicted molar refractivity (Wildman–Crippen MR) is 349 cm³/mol. The van der Waals surface area contributed by atoms with Gasteiger partial charge in [-0.15, -0.1) is 0 Å². The van der Waals surface area contributed by atoms with E-state index in [2.05, 4.69) is 255 Å². The van der Waals surface area contributed by atoms with Crippen LogP contribution in [0.15, 0.2) is 218 Å². The van der Waals surface area contributed by atoms with Crippen molar-refractivity contribution in [2.24, 2.45) is 0 Å². The summed E-state index contributed by atoms with van der Waals surface area (Å²) in [6.45, 7) is 9.11. The minimum Gasteiger partial charge on any atom is -0.309 e. The molecule has 81 heavy (non-hydrogen) atoms. The fraction of sp³-hybridized carbons (Fsp3) is 0.241. The summed E-state index contributed by atoms with van der Waals surface area (Å²) in [6, 6.07) is 83.3. The van der Waals surface area contributed by atoms with E-state index in [4.69, 9.17) is 0 Å². The van der Waals surface area contributed by atoms with E-state index in [1.807, 2.05) is 0 Å². The van der Waals surface area contributed by atoms with Crippen LogP contribution in [-0.4, -0.2) is 9.13 Å². The van der Waals surface area contributed by atoms with Crippen molar-refractivity contribution in [3.05, 3.63) is 241 Å². The first-order chi connectivity index (χ1) is 39.9. The lowest BCUT2D eigenvalue weighted by atomic mass is 9.70. The number of unbranched alkanes of at least 4 members (excludes halogenated alkanes) is 10. The Morgan fingerprint density at radius 2 is 0.704 bits per heavy atom. The second-order valence-electron chi connectivity index (χ2n) is 23.6. The molecule has 0 bridgehead atoms. The molecule has 2 heteroatoms. The number of aryl methyl sites for hydroxylation is 2. The average molecular weight is 1050 g/mol. The summed E-state index contributed by atoms with van der Waals surface area (Å²) < 4.78 is 4.93. The largest absolute Gasteiger partial charge is 0.309 e. The van der Waals surface area contributed by atoms with E-state index >= 15 is 0 Å². The van der Waals surface area contributed by atoms with E-state index in [-0.39, 0.29) is 5.41 Å². The van der Waals surface area contributed by atoms with Gasteiger partial charge in [-0.1, -0.05) is 248 Å². The van der Waals surface area contributed by atoms with Gasteiger partial charge in [-0.05, 0) is 166 Å². The third-order valence-electron chi connectivity index (χ3n) is 18.4. The Labute approximate surface area is 480 Å².